The molecule has 1 atom stereocenters. The van der Waals surface area contributed by atoms with Gasteiger partial charge in [-0.15, -0.1) is 11.3 Å². The summed E-state index contributed by atoms with van der Waals surface area (Å²) in [6.07, 6.45) is 6.30. The lowest BCUT2D eigenvalue weighted by molar-refractivity contribution is 0.173. The van der Waals surface area contributed by atoms with Crippen molar-refractivity contribution >= 4 is 21.4 Å². The number of hydrogen-bond donors (Lipinski definition) is 1. The molecule has 1 heterocycles. The van der Waals surface area contributed by atoms with E-state index in [1.807, 2.05) is 11.3 Å². The van der Waals surface area contributed by atoms with Gasteiger partial charge in [-0.1, -0.05) is 32.0 Å². The van der Waals surface area contributed by atoms with Crippen molar-refractivity contribution in [2.24, 2.45) is 17.1 Å². The molecular formula is C18H25NS. The molecule has 0 radical (unpaired) electrons. The summed E-state index contributed by atoms with van der Waals surface area (Å²) in [4.78, 5) is 0. The molecule has 3 rings (SSSR count). The first-order valence-electron chi connectivity index (χ1n) is 7.76. The highest BCUT2D eigenvalue weighted by molar-refractivity contribution is 7.17. The maximum absolute atomic E-state index is 6.52. The van der Waals surface area contributed by atoms with Crippen molar-refractivity contribution in [3.8, 4) is 0 Å². The van der Waals surface area contributed by atoms with Crippen LogP contribution in [0.2, 0.25) is 0 Å². The molecule has 1 aliphatic carbocycles. The van der Waals surface area contributed by atoms with Crippen molar-refractivity contribution in [1.82, 2.24) is 0 Å². The lowest BCUT2D eigenvalue weighted by Gasteiger charge is -2.36. The van der Waals surface area contributed by atoms with Crippen LogP contribution in [0.3, 0.4) is 0 Å². The molecule has 1 unspecified atom stereocenters. The Balaban J connectivity index is 1.69. The van der Waals surface area contributed by atoms with Crippen molar-refractivity contribution in [1.29, 1.82) is 0 Å². The molecule has 0 aliphatic heterocycles. The third kappa shape index (κ3) is 2.91. The van der Waals surface area contributed by atoms with Gasteiger partial charge in [0.15, 0.2) is 0 Å². The molecule has 2 N–H and O–H groups in total. The Bertz CT molecular complexity index is 574. The first-order chi connectivity index (χ1) is 9.55. The third-order valence-electron chi connectivity index (χ3n) is 5.01. The van der Waals surface area contributed by atoms with Crippen LogP contribution in [-0.2, 0) is 6.42 Å². The highest BCUT2D eigenvalue weighted by Gasteiger charge is 2.30. The van der Waals surface area contributed by atoms with Gasteiger partial charge in [0, 0.05) is 10.7 Å². The molecule has 1 aromatic heterocycles. The predicted molar refractivity (Wildman–Crippen MR) is 89.2 cm³/mol. The van der Waals surface area contributed by atoms with E-state index in [9.17, 15) is 0 Å². The van der Waals surface area contributed by atoms with Crippen LogP contribution < -0.4 is 5.73 Å². The zero-order chi connectivity index (χ0) is 14.2. The molecule has 0 amide bonds. The smallest absolute Gasteiger partial charge is 0.0345 e. The molecule has 108 valence electrons. The van der Waals surface area contributed by atoms with Gasteiger partial charge in [-0.3, -0.25) is 0 Å². The Morgan fingerprint density at radius 1 is 1.25 bits per heavy atom. The second-order valence-electron chi connectivity index (χ2n) is 7.13. The first-order valence-corrected chi connectivity index (χ1v) is 8.64. The van der Waals surface area contributed by atoms with E-state index >= 15 is 0 Å². The SMILES string of the molecule is CC1(C)CCC(C(N)Cc2csc3ccccc23)CC1. The fraction of sp³-hybridized carbons (Fsp3) is 0.556. The number of rotatable bonds is 3. The topological polar surface area (TPSA) is 26.0 Å². The molecule has 1 aromatic carbocycles. The van der Waals surface area contributed by atoms with Gasteiger partial charge in [-0.2, -0.15) is 0 Å². The van der Waals surface area contributed by atoms with Crippen LogP contribution in [0.15, 0.2) is 29.6 Å². The Labute approximate surface area is 126 Å². The van der Waals surface area contributed by atoms with Crippen LogP contribution in [0.4, 0.5) is 0 Å². The lowest BCUT2D eigenvalue weighted by atomic mass is 9.70. The number of hydrogen-bond acceptors (Lipinski definition) is 2. The monoisotopic (exact) mass is 287 g/mol. The maximum Gasteiger partial charge on any atom is 0.0345 e. The van der Waals surface area contributed by atoms with Crippen LogP contribution in [-0.4, -0.2) is 6.04 Å². The van der Waals surface area contributed by atoms with Crippen molar-refractivity contribution in [2.75, 3.05) is 0 Å². The van der Waals surface area contributed by atoms with E-state index in [1.165, 1.54) is 41.3 Å². The second kappa shape index (κ2) is 5.50. The van der Waals surface area contributed by atoms with E-state index in [-0.39, 0.29) is 0 Å². The van der Waals surface area contributed by atoms with Gasteiger partial charge < -0.3 is 5.73 Å². The second-order valence-corrected chi connectivity index (χ2v) is 8.04. The Kier molecular flexibility index (Phi) is 3.87. The Morgan fingerprint density at radius 2 is 1.95 bits per heavy atom. The number of thiophene rings is 1. The summed E-state index contributed by atoms with van der Waals surface area (Å²) in [6, 6.07) is 9.01. The van der Waals surface area contributed by atoms with Crippen molar-refractivity contribution in [3.05, 3.63) is 35.2 Å². The van der Waals surface area contributed by atoms with Gasteiger partial charge in [0.25, 0.3) is 0 Å². The fourth-order valence-corrected chi connectivity index (χ4v) is 4.44. The van der Waals surface area contributed by atoms with Crippen molar-refractivity contribution in [3.63, 3.8) is 0 Å². The molecular weight excluding hydrogens is 262 g/mol. The number of fused-ring (bicyclic) bond motifs is 1. The number of nitrogens with two attached hydrogens (primary N) is 1. The van der Waals surface area contributed by atoms with Gasteiger partial charge in [-0.25, -0.2) is 0 Å². The Morgan fingerprint density at radius 3 is 2.70 bits per heavy atom. The minimum Gasteiger partial charge on any atom is -0.327 e. The third-order valence-corrected chi connectivity index (χ3v) is 6.02. The summed E-state index contributed by atoms with van der Waals surface area (Å²) in [5.74, 6) is 0.710. The molecule has 1 saturated carbocycles. The normalized spacial score (nSPS) is 21.1. The summed E-state index contributed by atoms with van der Waals surface area (Å²) in [6.45, 7) is 4.78. The van der Waals surface area contributed by atoms with E-state index in [1.54, 1.807) is 0 Å². The first kappa shape index (κ1) is 14.1. The van der Waals surface area contributed by atoms with Gasteiger partial charge in [0.1, 0.15) is 0 Å². The zero-order valence-corrected chi connectivity index (χ0v) is 13.4. The highest BCUT2D eigenvalue weighted by atomic mass is 32.1. The van der Waals surface area contributed by atoms with E-state index < -0.39 is 0 Å². The number of benzene rings is 1. The van der Waals surface area contributed by atoms with E-state index in [2.05, 4.69) is 43.5 Å². The van der Waals surface area contributed by atoms with E-state index in [0.717, 1.165) is 6.42 Å². The standard InChI is InChI=1S/C18H25NS/c1-18(2)9-7-13(8-10-18)16(19)11-14-12-20-17-6-4-3-5-15(14)17/h3-6,12-13,16H,7-11,19H2,1-2H3. The van der Waals surface area contributed by atoms with Crippen LogP contribution in [0.1, 0.15) is 45.1 Å². The lowest BCUT2D eigenvalue weighted by Crippen LogP contribution is -2.36. The minimum absolute atomic E-state index is 0.323. The highest BCUT2D eigenvalue weighted by Crippen LogP contribution is 2.39. The molecule has 1 aliphatic rings. The molecule has 2 heteroatoms. The van der Waals surface area contributed by atoms with Crippen molar-refractivity contribution < 1.29 is 0 Å². The van der Waals surface area contributed by atoms with Gasteiger partial charge in [-0.05, 0) is 65.8 Å². The van der Waals surface area contributed by atoms with Crippen LogP contribution in [0, 0.1) is 11.3 Å². The zero-order valence-electron chi connectivity index (χ0n) is 12.6. The van der Waals surface area contributed by atoms with Crippen molar-refractivity contribution in [2.45, 2.75) is 52.0 Å². The molecule has 0 saturated heterocycles. The summed E-state index contributed by atoms with van der Waals surface area (Å²) >= 11 is 1.85. The summed E-state index contributed by atoms with van der Waals surface area (Å²) in [5, 5.41) is 3.71. The molecule has 20 heavy (non-hydrogen) atoms. The minimum atomic E-state index is 0.323. The molecule has 2 aromatic rings. The molecule has 1 fully saturated rings. The van der Waals surface area contributed by atoms with Crippen LogP contribution in [0.25, 0.3) is 10.1 Å². The Hall–Kier alpha value is -0.860. The molecule has 0 spiro atoms. The molecule has 1 nitrogen and oxygen atoms in total. The quantitative estimate of drug-likeness (QED) is 0.845. The fourth-order valence-electron chi connectivity index (χ4n) is 3.46. The average molecular weight is 287 g/mol. The largest absolute Gasteiger partial charge is 0.327 e. The summed E-state index contributed by atoms with van der Waals surface area (Å²) < 4.78 is 1.39. The maximum atomic E-state index is 6.52. The molecule has 0 bridgehead atoms. The summed E-state index contributed by atoms with van der Waals surface area (Å²) in [7, 11) is 0. The predicted octanol–water partition coefficient (Wildman–Crippen LogP) is 4.99. The van der Waals surface area contributed by atoms with E-state index in [4.69, 9.17) is 5.73 Å². The van der Waals surface area contributed by atoms with Gasteiger partial charge >= 0.3 is 0 Å². The van der Waals surface area contributed by atoms with Crippen LogP contribution >= 0.6 is 11.3 Å². The van der Waals surface area contributed by atoms with Gasteiger partial charge in [0.2, 0.25) is 0 Å². The van der Waals surface area contributed by atoms with Crippen LogP contribution in [0.5, 0.6) is 0 Å². The average Bonchev–Trinajstić information content (AvgIpc) is 2.82. The summed E-state index contributed by atoms with van der Waals surface area (Å²) in [5.41, 5.74) is 8.50. The van der Waals surface area contributed by atoms with Gasteiger partial charge in [0.05, 0.1) is 0 Å². The van der Waals surface area contributed by atoms with E-state index in [0.29, 0.717) is 17.4 Å².